The number of hydrogen-bond donors (Lipinski definition) is 0. The molecule has 1 fully saturated rings. The highest BCUT2D eigenvalue weighted by Crippen LogP contribution is 2.30. The van der Waals surface area contributed by atoms with E-state index in [0.717, 1.165) is 10.1 Å². The molecule has 0 radical (unpaired) electrons. The number of anilines is 1. The van der Waals surface area contributed by atoms with Crippen LogP contribution in [0.1, 0.15) is 33.6 Å². The number of para-hydroxylation sites is 1. The van der Waals surface area contributed by atoms with Gasteiger partial charge in [-0.2, -0.15) is 0 Å². The van der Waals surface area contributed by atoms with E-state index in [1.807, 2.05) is 51.1 Å². The van der Waals surface area contributed by atoms with Gasteiger partial charge in [0.15, 0.2) is 0 Å². The van der Waals surface area contributed by atoms with Crippen LogP contribution in [0.5, 0.6) is 0 Å². The fraction of sp³-hybridized carbons (Fsp3) is 0.571. The lowest BCUT2D eigenvalue weighted by Gasteiger charge is -2.38. The highest BCUT2D eigenvalue weighted by Gasteiger charge is 2.34. The molecule has 2 heterocycles. The van der Waals surface area contributed by atoms with Crippen LogP contribution in [0, 0.1) is 11.8 Å². The molecule has 170 valence electrons. The summed E-state index contributed by atoms with van der Waals surface area (Å²) in [5, 5.41) is 9.36. The molecule has 0 aliphatic carbocycles. The van der Waals surface area contributed by atoms with Gasteiger partial charge in [0.1, 0.15) is 12.3 Å². The van der Waals surface area contributed by atoms with Crippen LogP contribution in [0.3, 0.4) is 0 Å². The van der Waals surface area contributed by atoms with Gasteiger partial charge in [-0.25, -0.2) is 18.2 Å². The summed E-state index contributed by atoms with van der Waals surface area (Å²) in [7, 11) is -3.59. The Labute approximate surface area is 184 Å². The highest BCUT2D eigenvalue weighted by atomic mass is 32.2. The molecule has 1 aromatic rings. The van der Waals surface area contributed by atoms with Crippen LogP contribution in [0.4, 0.5) is 10.5 Å². The molecule has 9 nitrogen and oxygen atoms in total. The van der Waals surface area contributed by atoms with E-state index >= 15 is 0 Å². The Morgan fingerprint density at radius 1 is 1.26 bits per heavy atom. The van der Waals surface area contributed by atoms with Gasteiger partial charge in [-0.05, 0) is 68.0 Å². The summed E-state index contributed by atoms with van der Waals surface area (Å²) in [6.07, 6.45) is 2.63. The third kappa shape index (κ3) is 5.96. The first kappa shape index (κ1) is 23.1. The molecule has 0 aromatic heterocycles. The van der Waals surface area contributed by atoms with Crippen LogP contribution < -0.4 is 5.01 Å². The van der Waals surface area contributed by atoms with Crippen molar-refractivity contribution in [3.8, 4) is 0 Å². The van der Waals surface area contributed by atoms with Gasteiger partial charge in [-0.15, -0.1) is 11.0 Å². The number of nitrogens with zero attached hydrogens (tertiary/aromatic N) is 5. The van der Waals surface area contributed by atoms with Crippen molar-refractivity contribution in [1.29, 1.82) is 0 Å². The average molecular weight is 450 g/mol. The minimum Gasteiger partial charge on any atom is -0.444 e. The largest absolute Gasteiger partial charge is 0.444 e. The number of likely N-dealkylation sites (tertiary alicyclic amines) is 1. The Hall–Kier alpha value is -2.62. The van der Waals surface area contributed by atoms with Crippen LogP contribution in [0.25, 0.3) is 0 Å². The van der Waals surface area contributed by atoms with Crippen molar-refractivity contribution in [2.45, 2.75) is 39.2 Å². The van der Waals surface area contributed by atoms with Crippen LogP contribution in [0.2, 0.25) is 0 Å². The maximum atomic E-state index is 12.8. The molecule has 1 aromatic carbocycles. The third-order valence-corrected chi connectivity index (χ3v) is 6.97. The Morgan fingerprint density at radius 3 is 2.61 bits per heavy atom. The zero-order chi connectivity index (χ0) is 22.6. The minimum absolute atomic E-state index is 0.0116. The molecule has 0 N–H and O–H groups in total. The summed E-state index contributed by atoms with van der Waals surface area (Å²) in [6, 6.07) is 9.31. The van der Waals surface area contributed by atoms with Gasteiger partial charge in [-0.3, -0.25) is 0 Å². The van der Waals surface area contributed by atoms with E-state index in [9.17, 15) is 13.2 Å². The monoisotopic (exact) mass is 449 g/mol. The van der Waals surface area contributed by atoms with Crippen molar-refractivity contribution in [2.75, 3.05) is 30.5 Å². The van der Waals surface area contributed by atoms with Gasteiger partial charge < -0.3 is 9.64 Å². The summed E-state index contributed by atoms with van der Waals surface area (Å²) >= 11 is 0. The lowest BCUT2D eigenvalue weighted by molar-refractivity contribution is 0.0135. The Balaban J connectivity index is 1.54. The zero-order valence-electron chi connectivity index (χ0n) is 18.3. The number of benzene rings is 1. The molecule has 10 heteroatoms. The second-order valence-electron chi connectivity index (χ2n) is 8.86. The van der Waals surface area contributed by atoms with Crippen molar-refractivity contribution in [2.24, 2.45) is 22.3 Å². The molecule has 0 bridgehead atoms. The molecule has 0 saturated carbocycles. The smallest absolute Gasteiger partial charge is 0.410 e. The van der Waals surface area contributed by atoms with E-state index in [1.54, 1.807) is 16.0 Å². The third-order valence-electron chi connectivity index (χ3n) is 5.39. The summed E-state index contributed by atoms with van der Waals surface area (Å²) in [5.74, 6) is 0.101. The standard InChI is InChI=1S/C21H31N5O4S/c1-5-17-15-24(20(27)30-21(2,3)4)13-11-18(17)12-14-31(28,29)26-16-25(22-23-26)19-9-7-6-8-10-19/h5-10,17-18H,1,11-16H2,2-4H3/t17-,18-/m0/s1. The molecular weight excluding hydrogens is 418 g/mol. The molecule has 2 aliphatic heterocycles. The van der Waals surface area contributed by atoms with E-state index in [2.05, 4.69) is 17.0 Å². The maximum absolute atomic E-state index is 12.8. The molecule has 2 atom stereocenters. The van der Waals surface area contributed by atoms with Gasteiger partial charge in [0, 0.05) is 13.1 Å². The van der Waals surface area contributed by atoms with Gasteiger partial charge in [0.2, 0.25) is 0 Å². The fourth-order valence-corrected chi connectivity index (χ4v) is 4.94. The molecule has 0 spiro atoms. The van der Waals surface area contributed by atoms with Crippen molar-refractivity contribution >= 4 is 21.8 Å². The van der Waals surface area contributed by atoms with E-state index in [1.165, 1.54) is 0 Å². The van der Waals surface area contributed by atoms with E-state index in [-0.39, 0.29) is 30.4 Å². The molecule has 3 rings (SSSR count). The first-order valence-corrected chi connectivity index (χ1v) is 12.0. The molecular formula is C21H31N5O4S. The van der Waals surface area contributed by atoms with Gasteiger partial charge in [0.05, 0.1) is 11.4 Å². The predicted octanol–water partition coefficient (Wildman–Crippen LogP) is 3.83. The molecule has 31 heavy (non-hydrogen) atoms. The topological polar surface area (TPSA) is 94.9 Å². The van der Waals surface area contributed by atoms with Crippen LogP contribution >= 0.6 is 0 Å². The number of amides is 1. The summed E-state index contributed by atoms with van der Waals surface area (Å²) < 4.78 is 32.1. The minimum atomic E-state index is -3.59. The van der Waals surface area contributed by atoms with Crippen LogP contribution in [-0.4, -0.2) is 54.9 Å². The number of hydrogen-bond acceptors (Lipinski definition) is 7. The number of sulfonamides is 1. The number of rotatable bonds is 6. The molecule has 2 aliphatic rings. The Morgan fingerprint density at radius 2 is 1.97 bits per heavy atom. The summed E-state index contributed by atoms with van der Waals surface area (Å²) in [6.45, 7) is 10.5. The summed E-state index contributed by atoms with van der Waals surface area (Å²) in [4.78, 5) is 14.0. The van der Waals surface area contributed by atoms with Crippen LogP contribution in [0.15, 0.2) is 53.4 Å². The first-order chi connectivity index (χ1) is 14.6. The zero-order valence-corrected chi connectivity index (χ0v) is 19.2. The Kier molecular flexibility index (Phi) is 6.88. The van der Waals surface area contributed by atoms with Crippen molar-refractivity contribution in [3.63, 3.8) is 0 Å². The van der Waals surface area contributed by atoms with Crippen molar-refractivity contribution in [3.05, 3.63) is 43.0 Å². The summed E-state index contributed by atoms with van der Waals surface area (Å²) in [5.41, 5.74) is 0.231. The van der Waals surface area contributed by atoms with Gasteiger partial charge in [-0.1, -0.05) is 24.3 Å². The second-order valence-corrected chi connectivity index (χ2v) is 10.9. The van der Waals surface area contributed by atoms with Crippen molar-refractivity contribution in [1.82, 2.24) is 9.31 Å². The van der Waals surface area contributed by atoms with E-state index in [4.69, 9.17) is 4.74 Å². The second kappa shape index (κ2) is 9.25. The number of piperidine rings is 1. The molecule has 1 amide bonds. The lowest BCUT2D eigenvalue weighted by Crippen LogP contribution is -2.45. The normalized spacial score (nSPS) is 22.0. The van der Waals surface area contributed by atoms with Crippen LogP contribution in [-0.2, 0) is 14.8 Å². The quantitative estimate of drug-likeness (QED) is 0.615. The fourth-order valence-electron chi connectivity index (χ4n) is 3.69. The van der Waals surface area contributed by atoms with Gasteiger partial charge in [0.25, 0.3) is 10.0 Å². The molecule has 0 unspecified atom stereocenters. The highest BCUT2D eigenvalue weighted by molar-refractivity contribution is 7.89. The predicted molar refractivity (Wildman–Crippen MR) is 118 cm³/mol. The number of carbonyl (C=O) groups is 1. The van der Waals surface area contributed by atoms with E-state index in [0.29, 0.717) is 25.9 Å². The number of carbonyl (C=O) groups excluding carboxylic acids is 1. The lowest BCUT2D eigenvalue weighted by atomic mass is 9.84. The SMILES string of the molecule is C=C[C@H]1CN(C(=O)OC(C)(C)C)CC[C@H]1CCS(=O)(=O)N1CN(c2ccccc2)N=N1. The maximum Gasteiger partial charge on any atom is 0.410 e. The first-order valence-electron chi connectivity index (χ1n) is 10.4. The van der Waals surface area contributed by atoms with E-state index < -0.39 is 15.6 Å². The average Bonchev–Trinajstić information content (AvgIpc) is 3.23. The van der Waals surface area contributed by atoms with Crippen molar-refractivity contribution < 1.29 is 17.9 Å². The Bertz CT molecular complexity index is 913. The number of ether oxygens (including phenoxy) is 1. The van der Waals surface area contributed by atoms with Gasteiger partial charge >= 0.3 is 6.09 Å². The molecule has 1 saturated heterocycles.